The monoisotopic (exact) mass is 451 g/mol. The van der Waals surface area contributed by atoms with Crippen molar-refractivity contribution in [1.82, 2.24) is 5.43 Å². The highest BCUT2D eigenvalue weighted by molar-refractivity contribution is 7.92. The van der Waals surface area contributed by atoms with Crippen molar-refractivity contribution in [1.29, 1.82) is 0 Å². The average molecular weight is 452 g/mol. The fourth-order valence-corrected chi connectivity index (χ4v) is 4.40. The second kappa shape index (κ2) is 10.1. The maximum Gasteiger partial charge on any atom is 0.264 e. The highest BCUT2D eigenvalue weighted by Gasteiger charge is 2.29. The molecule has 166 valence electrons. The zero-order valence-electron chi connectivity index (χ0n) is 18.1. The number of nitrogens with zero attached hydrogens (tertiary/aromatic N) is 2. The predicted octanol–water partition coefficient (Wildman–Crippen LogP) is 3.66. The molecule has 0 aliphatic carbocycles. The lowest BCUT2D eigenvalue weighted by Gasteiger charge is -2.25. The quantitative estimate of drug-likeness (QED) is 0.418. The van der Waals surface area contributed by atoms with E-state index in [4.69, 9.17) is 4.74 Å². The largest absolute Gasteiger partial charge is 0.495 e. The topological polar surface area (TPSA) is 88.1 Å². The van der Waals surface area contributed by atoms with Crippen molar-refractivity contribution in [2.75, 3.05) is 18.0 Å². The first-order valence-corrected chi connectivity index (χ1v) is 11.4. The van der Waals surface area contributed by atoms with Crippen molar-refractivity contribution in [3.63, 3.8) is 0 Å². The summed E-state index contributed by atoms with van der Waals surface area (Å²) in [5.74, 6) is -0.255. The van der Waals surface area contributed by atoms with Crippen molar-refractivity contribution < 1.29 is 17.9 Å². The lowest BCUT2D eigenvalue weighted by molar-refractivity contribution is -0.119. The molecule has 0 fully saturated rings. The van der Waals surface area contributed by atoms with Crippen LogP contribution in [0.15, 0.2) is 82.8 Å². The minimum Gasteiger partial charge on any atom is -0.495 e. The van der Waals surface area contributed by atoms with Crippen LogP contribution in [-0.4, -0.2) is 34.2 Å². The molecule has 0 unspecified atom stereocenters. The maximum absolute atomic E-state index is 13.4. The van der Waals surface area contributed by atoms with Gasteiger partial charge in [-0.05, 0) is 43.7 Å². The van der Waals surface area contributed by atoms with Gasteiger partial charge in [0.05, 0.1) is 23.9 Å². The second-order valence-corrected chi connectivity index (χ2v) is 9.06. The minimum absolute atomic E-state index is 0.0740. The van der Waals surface area contributed by atoms with Crippen LogP contribution >= 0.6 is 0 Å². The van der Waals surface area contributed by atoms with Gasteiger partial charge in [0.1, 0.15) is 12.3 Å². The fraction of sp³-hybridized carbons (Fsp3) is 0.167. The Labute approximate surface area is 188 Å². The van der Waals surface area contributed by atoms with E-state index in [1.165, 1.54) is 25.5 Å². The molecule has 0 aliphatic rings. The molecule has 8 heteroatoms. The number of para-hydroxylation sites is 2. The predicted molar refractivity (Wildman–Crippen MR) is 126 cm³/mol. The number of hydrogen-bond acceptors (Lipinski definition) is 5. The van der Waals surface area contributed by atoms with E-state index in [1.807, 2.05) is 38.1 Å². The first-order valence-electron chi connectivity index (χ1n) is 9.92. The Morgan fingerprint density at radius 3 is 2.19 bits per heavy atom. The molecule has 1 N–H and O–H groups in total. The summed E-state index contributed by atoms with van der Waals surface area (Å²) in [4.78, 5) is 12.7. The van der Waals surface area contributed by atoms with Crippen LogP contribution in [0.2, 0.25) is 0 Å². The molecule has 3 rings (SSSR count). The van der Waals surface area contributed by atoms with Crippen LogP contribution in [0.5, 0.6) is 5.75 Å². The summed E-state index contributed by atoms with van der Waals surface area (Å²) in [6, 6.07) is 20.7. The lowest BCUT2D eigenvalue weighted by atomic mass is 10.2. The van der Waals surface area contributed by atoms with E-state index in [2.05, 4.69) is 10.5 Å². The number of hydrazone groups is 1. The Bertz CT molecular complexity index is 1200. The third kappa shape index (κ3) is 5.53. The second-order valence-electron chi connectivity index (χ2n) is 7.20. The van der Waals surface area contributed by atoms with E-state index in [9.17, 15) is 13.2 Å². The van der Waals surface area contributed by atoms with Gasteiger partial charge in [-0.2, -0.15) is 5.10 Å². The van der Waals surface area contributed by atoms with Crippen molar-refractivity contribution in [2.45, 2.75) is 18.7 Å². The standard InChI is InChI=1S/C24H25N3O4S/c1-18-8-12-20(13-9-18)16-25-26-24(28)17-27(22-6-4-5-7-23(22)31-3)32(29,30)21-14-10-19(2)11-15-21/h4-16H,17H2,1-3H3,(H,26,28)/b25-16-. The molecule has 0 saturated carbocycles. The number of carbonyl (C=O) groups excluding carboxylic acids is 1. The molecule has 0 atom stereocenters. The fourth-order valence-electron chi connectivity index (χ4n) is 2.97. The van der Waals surface area contributed by atoms with Gasteiger partial charge < -0.3 is 4.74 Å². The summed E-state index contributed by atoms with van der Waals surface area (Å²) >= 11 is 0. The Balaban J connectivity index is 1.88. The Morgan fingerprint density at radius 2 is 1.56 bits per heavy atom. The van der Waals surface area contributed by atoms with Gasteiger partial charge in [-0.1, -0.05) is 59.7 Å². The molecular weight excluding hydrogens is 426 g/mol. The molecule has 0 aromatic heterocycles. The van der Waals surface area contributed by atoms with Crippen LogP contribution in [0.1, 0.15) is 16.7 Å². The number of benzene rings is 3. The molecule has 7 nitrogen and oxygen atoms in total. The summed E-state index contributed by atoms with van der Waals surface area (Å²) in [5, 5.41) is 3.95. The zero-order chi connectivity index (χ0) is 23.1. The Morgan fingerprint density at radius 1 is 0.969 bits per heavy atom. The minimum atomic E-state index is -4.04. The number of aryl methyl sites for hydroxylation is 2. The van der Waals surface area contributed by atoms with Gasteiger partial charge in [0.25, 0.3) is 15.9 Å². The third-order valence-corrected chi connectivity index (χ3v) is 6.50. The highest BCUT2D eigenvalue weighted by Crippen LogP contribution is 2.32. The number of nitrogens with one attached hydrogen (secondary N) is 1. The van der Waals surface area contributed by atoms with E-state index in [0.717, 1.165) is 21.0 Å². The van der Waals surface area contributed by atoms with Crippen molar-refractivity contribution >= 4 is 27.8 Å². The van der Waals surface area contributed by atoms with Crippen molar-refractivity contribution in [3.8, 4) is 5.75 Å². The van der Waals surface area contributed by atoms with E-state index in [-0.39, 0.29) is 10.6 Å². The third-order valence-electron chi connectivity index (χ3n) is 4.73. The van der Waals surface area contributed by atoms with Crippen LogP contribution in [0.4, 0.5) is 5.69 Å². The maximum atomic E-state index is 13.4. The van der Waals surface area contributed by atoms with E-state index in [0.29, 0.717) is 5.75 Å². The van der Waals surface area contributed by atoms with Gasteiger partial charge in [0.2, 0.25) is 0 Å². The molecule has 0 aliphatic heterocycles. The van der Waals surface area contributed by atoms with E-state index in [1.54, 1.807) is 36.4 Å². The SMILES string of the molecule is COc1ccccc1N(CC(=O)N/N=C\c1ccc(C)cc1)S(=O)(=O)c1ccc(C)cc1. The summed E-state index contributed by atoms with van der Waals surface area (Å²) < 4.78 is 33.2. The zero-order valence-corrected chi connectivity index (χ0v) is 19.0. The number of methoxy groups -OCH3 is 1. The van der Waals surface area contributed by atoms with E-state index < -0.39 is 22.5 Å². The summed E-state index contributed by atoms with van der Waals surface area (Å²) in [7, 11) is -2.59. The van der Waals surface area contributed by atoms with E-state index >= 15 is 0 Å². The van der Waals surface area contributed by atoms with Crippen LogP contribution < -0.4 is 14.5 Å². The van der Waals surface area contributed by atoms with Gasteiger partial charge in [-0.25, -0.2) is 13.8 Å². The normalized spacial score (nSPS) is 11.3. The van der Waals surface area contributed by atoms with Crippen molar-refractivity contribution in [2.24, 2.45) is 5.10 Å². The number of ether oxygens (including phenoxy) is 1. The van der Waals surface area contributed by atoms with Crippen LogP contribution in [0, 0.1) is 13.8 Å². The van der Waals surface area contributed by atoms with Gasteiger partial charge in [-0.15, -0.1) is 0 Å². The first kappa shape index (κ1) is 23.0. The molecule has 0 spiro atoms. The number of anilines is 1. The molecule has 0 heterocycles. The number of sulfonamides is 1. The highest BCUT2D eigenvalue weighted by atomic mass is 32.2. The number of carbonyl (C=O) groups is 1. The van der Waals surface area contributed by atoms with Gasteiger partial charge in [-0.3, -0.25) is 9.10 Å². The molecule has 0 radical (unpaired) electrons. The molecule has 3 aromatic rings. The molecule has 0 bridgehead atoms. The average Bonchev–Trinajstić information content (AvgIpc) is 2.79. The van der Waals surface area contributed by atoms with Crippen molar-refractivity contribution in [3.05, 3.63) is 89.5 Å². The van der Waals surface area contributed by atoms with Gasteiger partial charge in [0, 0.05) is 0 Å². The lowest BCUT2D eigenvalue weighted by Crippen LogP contribution is -2.39. The molecule has 1 amide bonds. The number of rotatable bonds is 8. The first-order chi connectivity index (χ1) is 15.3. The smallest absolute Gasteiger partial charge is 0.264 e. The molecular formula is C24H25N3O4S. The van der Waals surface area contributed by atoms with Crippen LogP contribution in [0.3, 0.4) is 0 Å². The van der Waals surface area contributed by atoms with Crippen LogP contribution in [-0.2, 0) is 14.8 Å². The molecule has 32 heavy (non-hydrogen) atoms. The summed E-state index contributed by atoms with van der Waals surface area (Å²) in [6.07, 6.45) is 1.50. The van der Waals surface area contributed by atoms with Gasteiger partial charge in [0.15, 0.2) is 0 Å². The van der Waals surface area contributed by atoms with Gasteiger partial charge >= 0.3 is 0 Å². The summed E-state index contributed by atoms with van der Waals surface area (Å²) in [5.41, 5.74) is 5.51. The number of hydrogen-bond donors (Lipinski definition) is 1. The molecule has 3 aromatic carbocycles. The molecule has 0 saturated heterocycles. The Hall–Kier alpha value is -3.65. The van der Waals surface area contributed by atoms with Crippen LogP contribution in [0.25, 0.3) is 0 Å². The number of amides is 1. The Kier molecular flexibility index (Phi) is 7.27. The summed E-state index contributed by atoms with van der Waals surface area (Å²) in [6.45, 7) is 3.37.